The summed E-state index contributed by atoms with van der Waals surface area (Å²) in [6, 6.07) is 2.63. The lowest BCUT2D eigenvalue weighted by Gasteiger charge is -2.33. The van der Waals surface area contributed by atoms with Crippen LogP contribution in [0.1, 0.15) is 71.1 Å². The van der Waals surface area contributed by atoms with Crippen molar-refractivity contribution in [1.82, 2.24) is 29.5 Å². The van der Waals surface area contributed by atoms with Gasteiger partial charge in [0.2, 0.25) is 11.7 Å². The summed E-state index contributed by atoms with van der Waals surface area (Å²) in [7, 11) is 0. The first-order chi connectivity index (χ1) is 16.8. The molecule has 9 nitrogen and oxygen atoms in total. The third-order valence-corrected chi connectivity index (χ3v) is 5.85. The summed E-state index contributed by atoms with van der Waals surface area (Å²) in [6.45, 7) is 2.59. The standard InChI is InChI=1S/C22H19F5N6O3/c1-21(2,35)20-30-15(18(23)24)17(36-20)19(34)32-6-5-12-14(29-9-28-12)16(32)13-7-11-4-3-10(22(25,26)27)8-33(11)31-13/h3-4,7-9,16,18,35H,5-6H2,1-2H3,(H,28,29). The van der Waals surface area contributed by atoms with E-state index in [1.807, 2.05) is 0 Å². The summed E-state index contributed by atoms with van der Waals surface area (Å²) in [5.74, 6) is -2.14. The molecule has 0 aromatic carbocycles. The van der Waals surface area contributed by atoms with Crippen LogP contribution in [-0.2, 0) is 18.2 Å². The Morgan fingerprint density at radius 2 is 2.03 bits per heavy atom. The van der Waals surface area contributed by atoms with Crippen molar-refractivity contribution in [2.24, 2.45) is 0 Å². The van der Waals surface area contributed by atoms with Gasteiger partial charge >= 0.3 is 6.18 Å². The lowest BCUT2D eigenvalue weighted by Crippen LogP contribution is -2.41. The highest BCUT2D eigenvalue weighted by atomic mass is 19.4. The zero-order chi connectivity index (χ0) is 26.0. The normalized spacial score (nSPS) is 16.7. The van der Waals surface area contributed by atoms with Crippen LogP contribution in [0.5, 0.6) is 0 Å². The molecule has 0 radical (unpaired) electrons. The van der Waals surface area contributed by atoms with Gasteiger partial charge in [-0.15, -0.1) is 0 Å². The molecule has 0 aliphatic carbocycles. The monoisotopic (exact) mass is 510 g/mol. The fourth-order valence-electron chi connectivity index (χ4n) is 4.13. The van der Waals surface area contributed by atoms with Crippen molar-refractivity contribution in [3.63, 3.8) is 0 Å². The number of halogens is 5. The van der Waals surface area contributed by atoms with E-state index in [9.17, 15) is 31.9 Å². The molecule has 190 valence electrons. The second kappa shape index (κ2) is 8.11. The molecule has 1 amide bonds. The molecule has 36 heavy (non-hydrogen) atoms. The fraction of sp³-hybridized carbons (Fsp3) is 0.364. The molecule has 4 aromatic heterocycles. The minimum atomic E-state index is -4.58. The van der Waals surface area contributed by atoms with Crippen LogP contribution in [0.3, 0.4) is 0 Å². The van der Waals surface area contributed by atoms with E-state index in [0.29, 0.717) is 23.3 Å². The van der Waals surface area contributed by atoms with Gasteiger partial charge in [0.1, 0.15) is 11.6 Å². The number of oxazole rings is 1. The van der Waals surface area contributed by atoms with Gasteiger partial charge in [0.15, 0.2) is 5.69 Å². The van der Waals surface area contributed by atoms with Gasteiger partial charge in [-0.25, -0.2) is 23.3 Å². The molecular formula is C22H19F5N6O3. The summed E-state index contributed by atoms with van der Waals surface area (Å²) in [5.41, 5.74) is -2.02. The third kappa shape index (κ3) is 4.00. The number of carbonyl (C=O) groups excluding carboxylic acids is 1. The maximum atomic E-state index is 13.7. The molecule has 2 N–H and O–H groups in total. The Bertz CT molecular complexity index is 1450. The predicted molar refractivity (Wildman–Crippen MR) is 112 cm³/mol. The van der Waals surface area contributed by atoms with Crippen LogP contribution in [0.25, 0.3) is 5.52 Å². The van der Waals surface area contributed by atoms with E-state index in [-0.39, 0.29) is 12.2 Å². The number of aromatic nitrogens is 5. The maximum Gasteiger partial charge on any atom is 0.417 e. The lowest BCUT2D eigenvalue weighted by molar-refractivity contribution is -0.137. The van der Waals surface area contributed by atoms with Crippen LogP contribution >= 0.6 is 0 Å². The molecule has 14 heteroatoms. The number of rotatable bonds is 4. The van der Waals surface area contributed by atoms with E-state index in [2.05, 4.69) is 20.1 Å². The van der Waals surface area contributed by atoms with E-state index < -0.39 is 53.1 Å². The van der Waals surface area contributed by atoms with Gasteiger partial charge < -0.3 is 19.4 Å². The highest BCUT2D eigenvalue weighted by Crippen LogP contribution is 2.37. The number of carbonyl (C=O) groups is 1. The number of aromatic amines is 1. The number of nitrogens with zero attached hydrogens (tertiary/aromatic N) is 5. The topological polar surface area (TPSA) is 113 Å². The van der Waals surface area contributed by atoms with Crippen molar-refractivity contribution >= 4 is 11.4 Å². The smallest absolute Gasteiger partial charge is 0.417 e. The Kier molecular flexibility index (Phi) is 5.39. The van der Waals surface area contributed by atoms with Crippen molar-refractivity contribution < 1.29 is 36.3 Å². The van der Waals surface area contributed by atoms with Crippen LogP contribution in [-0.4, -0.2) is 47.0 Å². The second-order valence-electron chi connectivity index (χ2n) is 8.86. The Labute approximate surface area is 199 Å². The maximum absolute atomic E-state index is 13.7. The molecule has 0 bridgehead atoms. The van der Waals surface area contributed by atoms with Gasteiger partial charge in [0.25, 0.3) is 12.3 Å². The van der Waals surface area contributed by atoms with Gasteiger partial charge in [-0.05, 0) is 32.0 Å². The fourth-order valence-corrected chi connectivity index (χ4v) is 4.13. The van der Waals surface area contributed by atoms with Crippen molar-refractivity contribution in [3.05, 3.63) is 70.7 Å². The SMILES string of the molecule is CC(C)(O)c1nc(C(F)F)c(C(=O)N2CCc3[nH]cnc3C2c2cc3ccc(C(F)(F)F)cn3n2)o1. The van der Waals surface area contributed by atoms with E-state index >= 15 is 0 Å². The predicted octanol–water partition coefficient (Wildman–Crippen LogP) is 4.02. The Balaban J connectivity index is 1.61. The van der Waals surface area contributed by atoms with Gasteiger partial charge in [0, 0.05) is 24.9 Å². The number of hydrogen-bond donors (Lipinski definition) is 2. The first-order valence-corrected chi connectivity index (χ1v) is 10.8. The summed E-state index contributed by atoms with van der Waals surface area (Å²) in [6.07, 6.45) is -5.23. The van der Waals surface area contributed by atoms with Crippen LogP contribution in [0.15, 0.2) is 35.1 Å². The Hall–Kier alpha value is -3.81. The van der Waals surface area contributed by atoms with E-state index in [0.717, 1.165) is 16.8 Å². The number of nitrogens with one attached hydrogen (secondary N) is 1. The molecule has 0 fully saturated rings. The minimum absolute atomic E-state index is 0.0432. The first kappa shape index (κ1) is 23.9. The number of hydrogen-bond acceptors (Lipinski definition) is 6. The van der Waals surface area contributed by atoms with Crippen molar-refractivity contribution in [2.45, 2.75) is 44.5 Å². The van der Waals surface area contributed by atoms with Crippen molar-refractivity contribution in [2.75, 3.05) is 6.54 Å². The summed E-state index contributed by atoms with van der Waals surface area (Å²) >= 11 is 0. The Morgan fingerprint density at radius 3 is 2.69 bits per heavy atom. The molecule has 0 saturated carbocycles. The molecule has 0 spiro atoms. The van der Waals surface area contributed by atoms with Gasteiger partial charge in [-0.1, -0.05) is 0 Å². The van der Waals surface area contributed by atoms with Gasteiger partial charge in [0.05, 0.1) is 28.8 Å². The number of imidazole rings is 1. The average Bonchev–Trinajstić information content (AvgIpc) is 3.53. The largest absolute Gasteiger partial charge is 0.432 e. The lowest BCUT2D eigenvalue weighted by atomic mass is 9.99. The molecular weight excluding hydrogens is 491 g/mol. The number of pyridine rings is 1. The van der Waals surface area contributed by atoms with Crippen molar-refractivity contribution in [3.8, 4) is 0 Å². The number of aliphatic hydroxyl groups is 1. The summed E-state index contributed by atoms with van der Waals surface area (Å²) in [4.78, 5) is 25.6. The molecule has 1 aliphatic rings. The van der Waals surface area contributed by atoms with Crippen LogP contribution in [0, 0.1) is 0 Å². The number of fused-ring (bicyclic) bond motifs is 2. The molecule has 4 aromatic rings. The van der Waals surface area contributed by atoms with Crippen LogP contribution in [0.4, 0.5) is 22.0 Å². The highest BCUT2D eigenvalue weighted by molar-refractivity contribution is 5.93. The van der Waals surface area contributed by atoms with Crippen LogP contribution in [0.2, 0.25) is 0 Å². The van der Waals surface area contributed by atoms with Gasteiger partial charge in [-0.2, -0.15) is 18.3 Å². The molecule has 5 rings (SSSR count). The molecule has 1 unspecified atom stereocenters. The quantitative estimate of drug-likeness (QED) is 0.401. The second-order valence-corrected chi connectivity index (χ2v) is 8.86. The van der Waals surface area contributed by atoms with Gasteiger partial charge in [-0.3, -0.25) is 4.79 Å². The third-order valence-electron chi connectivity index (χ3n) is 5.85. The number of H-pyrrole nitrogens is 1. The molecule has 0 saturated heterocycles. The zero-order valence-corrected chi connectivity index (χ0v) is 18.8. The number of alkyl halides is 5. The van der Waals surface area contributed by atoms with E-state index in [4.69, 9.17) is 4.42 Å². The molecule has 1 aliphatic heterocycles. The van der Waals surface area contributed by atoms with Crippen molar-refractivity contribution in [1.29, 1.82) is 0 Å². The highest BCUT2D eigenvalue weighted by Gasteiger charge is 2.41. The average molecular weight is 510 g/mol. The zero-order valence-electron chi connectivity index (χ0n) is 18.8. The summed E-state index contributed by atoms with van der Waals surface area (Å²) < 4.78 is 73.3. The first-order valence-electron chi connectivity index (χ1n) is 10.8. The minimum Gasteiger partial charge on any atom is -0.432 e. The van der Waals surface area contributed by atoms with E-state index in [1.54, 1.807) is 0 Å². The Morgan fingerprint density at radius 1 is 1.28 bits per heavy atom. The van der Waals surface area contributed by atoms with E-state index in [1.165, 1.54) is 37.2 Å². The number of amides is 1. The summed E-state index contributed by atoms with van der Waals surface area (Å²) in [5, 5.41) is 14.4. The van der Waals surface area contributed by atoms with Crippen LogP contribution < -0.4 is 0 Å². The molecule has 1 atom stereocenters. The molecule has 5 heterocycles.